The molecule has 0 heterocycles. The number of amides is 4. The standard InChI is InChI=1S/C31H28N4O6/c1-41-24-17-13-22(14-18-24)28(37)32-26-10-6-5-9-25(26)30(39)33-27(19-20-11-15-23(36)16-12-20)31(40)35-34-29(38)21-7-3-2-4-8-21/h2-18,27,36H,19H2,1H3,(H,32,37)(H,33,39)(H,34,38)(H,35,40)/t27-/m0/s1. The first-order chi connectivity index (χ1) is 19.8. The summed E-state index contributed by atoms with van der Waals surface area (Å²) in [6.45, 7) is 0. The molecule has 0 spiro atoms. The van der Waals surface area contributed by atoms with Crippen LogP contribution in [-0.4, -0.2) is 41.9 Å². The molecule has 0 saturated heterocycles. The molecule has 0 aromatic heterocycles. The fraction of sp³-hybridized carbons (Fsp3) is 0.0968. The maximum atomic E-state index is 13.4. The summed E-state index contributed by atoms with van der Waals surface area (Å²) in [7, 11) is 1.52. The summed E-state index contributed by atoms with van der Waals surface area (Å²) < 4.78 is 5.12. The Balaban J connectivity index is 1.50. The molecule has 0 aliphatic carbocycles. The number of phenols is 1. The van der Waals surface area contributed by atoms with Crippen LogP contribution in [0.1, 0.15) is 36.6 Å². The summed E-state index contributed by atoms with van der Waals surface area (Å²) in [5, 5.41) is 15.1. The van der Waals surface area contributed by atoms with Crippen molar-refractivity contribution in [2.24, 2.45) is 0 Å². The van der Waals surface area contributed by atoms with E-state index in [2.05, 4.69) is 21.5 Å². The number of carbonyl (C=O) groups is 4. The van der Waals surface area contributed by atoms with E-state index >= 15 is 0 Å². The van der Waals surface area contributed by atoms with Crippen molar-refractivity contribution in [3.63, 3.8) is 0 Å². The van der Waals surface area contributed by atoms with Crippen molar-refractivity contribution in [2.45, 2.75) is 12.5 Å². The zero-order valence-electron chi connectivity index (χ0n) is 22.1. The Labute approximate surface area is 236 Å². The number of hydrogen-bond donors (Lipinski definition) is 5. The van der Waals surface area contributed by atoms with Crippen LogP contribution in [0.3, 0.4) is 0 Å². The van der Waals surface area contributed by atoms with E-state index in [4.69, 9.17) is 4.74 Å². The number of carbonyl (C=O) groups excluding carboxylic acids is 4. The molecular formula is C31H28N4O6. The number of methoxy groups -OCH3 is 1. The highest BCUT2D eigenvalue weighted by atomic mass is 16.5. The van der Waals surface area contributed by atoms with Crippen LogP contribution in [0.2, 0.25) is 0 Å². The lowest BCUT2D eigenvalue weighted by Crippen LogP contribution is -2.53. The molecule has 0 unspecified atom stereocenters. The molecule has 0 bridgehead atoms. The third-order valence-corrected chi connectivity index (χ3v) is 6.11. The Morgan fingerprint density at radius 1 is 0.707 bits per heavy atom. The van der Waals surface area contributed by atoms with Crippen LogP contribution in [-0.2, 0) is 11.2 Å². The lowest BCUT2D eigenvalue weighted by atomic mass is 10.0. The van der Waals surface area contributed by atoms with Gasteiger partial charge in [-0.15, -0.1) is 0 Å². The van der Waals surface area contributed by atoms with E-state index in [1.165, 1.54) is 25.3 Å². The number of para-hydroxylation sites is 1. The van der Waals surface area contributed by atoms with Gasteiger partial charge in [0, 0.05) is 17.5 Å². The van der Waals surface area contributed by atoms with Gasteiger partial charge in [-0.1, -0.05) is 42.5 Å². The third-order valence-electron chi connectivity index (χ3n) is 6.11. The van der Waals surface area contributed by atoms with Gasteiger partial charge in [0.2, 0.25) is 0 Å². The predicted octanol–water partition coefficient (Wildman–Crippen LogP) is 3.46. The molecule has 0 saturated carbocycles. The van der Waals surface area contributed by atoms with Gasteiger partial charge < -0.3 is 20.5 Å². The van der Waals surface area contributed by atoms with Crippen molar-refractivity contribution in [3.05, 3.63) is 125 Å². The topological polar surface area (TPSA) is 146 Å². The number of ether oxygens (including phenoxy) is 1. The SMILES string of the molecule is COc1ccc(C(=O)Nc2ccccc2C(=O)N[C@@H](Cc2ccc(O)cc2)C(=O)NNC(=O)c2ccccc2)cc1. The minimum atomic E-state index is -1.12. The highest BCUT2D eigenvalue weighted by Gasteiger charge is 2.24. The molecule has 4 rings (SSSR count). The first-order valence-electron chi connectivity index (χ1n) is 12.6. The van der Waals surface area contributed by atoms with Crippen LogP contribution < -0.4 is 26.2 Å². The van der Waals surface area contributed by atoms with Crippen LogP contribution in [0.5, 0.6) is 11.5 Å². The second-order valence-corrected chi connectivity index (χ2v) is 8.93. The van der Waals surface area contributed by atoms with Gasteiger partial charge in [0.05, 0.1) is 18.4 Å². The van der Waals surface area contributed by atoms with Crippen LogP contribution in [0.4, 0.5) is 5.69 Å². The number of benzene rings is 4. The molecule has 208 valence electrons. The molecule has 0 aliphatic rings. The van der Waals surface area contributed by atoms with E-state index < -0.39 is 29.7 Å². The number of hydrogen-bond acceptors (Lipinski definition) is 6. The maximum absolute atomic E-state index is 13.4. The minimum absolute atomic E-state index is 0.0513. The summed E-state index contributed by atoms with van der Waals surface area (Å²) in [6, 6.07) is 26.3. The van der Waals surface area contributed by atoms with Crippen molar-refractivity contribution in [1.82, 2.24) is 16.2 Å². The number of aromatic hydroxyl groups is 1. The van der Waals surface area contributed by atoms with Crippen molar-refractivity contribution in [1.29, 1.82) is 0 Å². The summed E-state index contributed by atoms with van der Waals surface area (Å²) in [5.74, 6) is -1.61. The highest BCUT2D eigenvalue weighted by Crippen LogP contribution is 2.19. The monoisotopic (exact) mass is 552 g/mol. The smallest absolute Gasteiger partial charge is 0.269 e. The Hall–Kier alpha value is -5.64. The Morgan fingerprint density at radius 2 is 1.34 bits per heavy atom. The van der Waals surface area contributed by atoms with Crippen LogP contribution in [0.15, 0.2) is 103 Å². The normalized spacial score (nSPS) is 11.0. The molecule has 0 fully saturated rings. The van der Waals surface area contributed by atoms with E-state index in [-0.39, 0.29) is 23.4 Å². The molecule has 0 aliphatic heterocycles. The summed E-state index contributed by atoms with van der Waals surface area (Å²) in [4.78, 5) is 51.8. The van der Waals surface area contributed by atoms with E-state index in [1.54, 1.807) is 84.9 Å². The molecule has 4 aromatic rings. The van der Waals surface area contributed by atoms with E-state index in [9.17, 15) is 24.3 Å². The fourth-order valence-electron chi connectivity index (χ4n) is 3.91. The lowest BCUT2D eigenvalue weighted by molar-refractivity contribution is -0.123. The minimum Gasteiger partial charge on any atom is -0.508 e. The highest BCUT2D eigenvalue weighted by molar-refractivity contribution is 6.09. The van der Waals surface area contributed by atoms with Gasteiger partial charge >= 0.3 is 0 Å². The van der Waals surface area contributed by atoms with Crippen LogP contribution >= 0.6 is 0 Å². The summed E-state index contributed by atoms with van der Waals surface area (Å²) in [5.41, 5.74) is 6.45. The van der Waals surface area contributed by atoms with Crippen molar-refractivity contribution in [3.8, 4) is 11.5 Å². The van der Waals surface area contributed by atoms with Gasteiger partial charge in [0.15, 0.2) is 0 Å². The first-order valence-corrected chi connectivity index (χ1v) is 12.6. The molecule has 41 heavy (non-hydrogen) atoms. The van der Waals surface area contributed by atoms with Gasteiger partial charge in [-0.05, 0) is 66.2 Å². The molecule has 0 radical (unpaired) electrons. The molecule has 4 aromatic carbocycles. The van der Waals surface area contributed by atoms with Gasteiger partial charge in [-0.2, -0.15) is 0 Å². The van der Waals surface area contributed by atoms with Crippen molar-refractivity contribution < 1.29 is 29.0 Å². The number of hydrazine groups is 1. The van der Waals surface area contributed by atoms with Crippen LogP contribution in [0, 0.1) is 0 Å². The maximum Gasteiger partial charge on any atom is 0.269 e. The lowest BCUT2D eigenvalue weighted by Gasteiger charge is -2.20. The van der Waals surface area contributed by atoms with E-state index in [0.717, 1.165) is 0 Å². The zero-order valence-corrected chi connectivity index (χ0v) is 22.1. The van der Waals surface area contributed by atoms with Crippen LogP contribution in [0.25, 0.3) is 0 Å². The first kappa shape index (κ1) is 28.4. The largest absolute Gasteiger partial charge is 0.508 e. The second-order valence-electron chi connectivity index (χ2n) is 8.93. The van der Waals surface area contributed by atoms with E-state index in [0.29, 0.717) is 22.4 Å². The van der Waals surface area contributed by atoms with Gasteiger partial charge in [-0.3, -0.25) is 30.0 Å². The molecule has 10 nitrogen and oxygen atoms in total. The van der Waals surface area contributed by atoms with Gasteiger partial charge in [0.1, 0.15) is 17.5 Å². The fourth-order valence-corrected chi connectivity index (χ4v) is 3.91. The zero-order chi connectivity index (χ0) is 29.2. The molecule has 10 heteroatoms. The quantitative estimate of drug-likeness (QED) is 0.201. The van der Waals surface area contributed by atoms with Gasteiger partial charge in [-0.25, -0.2) is 0 Å². The summed E-state index contributed by atoms with van der Waals surface area (Å²) >= 11 is 0. The predicted molar refractivity (Wildman–Crippen MR) is 153 cm³/mol. The number of anilines is 1. The molecular weight excluding hydrogens is 524 g/mol. The van der Waals surface area contributed by atoms with Crippen molar-refractivity contribution >= 4 is 29.3 Å². The Bertz CT molecular complexity index is 1520. The molecule has 1 atom stereocenters. The summed E-state index contributed by atoms with van der Waals surface area (Å²) in [6.07, 6.45) is 0.0550. The van der Waals surface area contributed by atoms with Gasteiger partial charge in [0.25, 0.3) is 23.6 Å². The number of rotatable bonds is 9. The average molecular weight is 553 g/mol. The van der Waals surface area contributed by atoms with Crippen molar-refractivity contribution in [2.75, 3.05) is 12.4 Å². The molecule has 4 amide bonds. The number of nitrogens with one attached hydrogen (secondary N) is 4. The average Bonchev–Trinajstić information content (AvgIpc) is 3.01. The van der Waals surface area contributed by atoms with E-state index in [1.807, 2.05) is 0 Å². The number of phenolic OH excluding ortho intramolecular Hbond substituents is 1. The molecule has 5 N–H and O–H groups in total. The second kappa shape index (κ2) is 13.4. The third kappa shape index (κ3) is 7.70. The Kier molecular flexibility index (Phi) is 9.29. The Morgan fingerprint density at radius 3 is 2.02 bits per heavy atom.